The smallest absolute Gasteiger partial charge is 0.320 e. The van der Waals surface area contributed by atoms with Gasteiger partial charge in [0.15, 0.2) is 9.84 Å². The number of hydrogen-bond donors (Lipinski definition) is 2. The third-order valence-corrected chi connectivity index (χ3v) is 6.05. The molecule has 1 aliphatic rings. The minimum atomic E-state index is -2.99. The molecule has 1 saturated heterocycles. The molecule has 0 bridgehead atoms. The Balaban J connectivity index is 1.94. The van der Waals surface area contributed by atoms with Gasteiger partial charge in [-0.15, -0.1) is 0 Å². The number of carbonyl (C=O) groups is 1. The summed E-state index contributed by atoms with van der Waals surface area (Å²) in [6, 6.07) is 1.27. The first-order chi connectivity index (χ1) is 10.8. The number of hydrogen-bond acceptors (Lipinski definition) is 4. The van der Waals surface area contributed by atoms with E-state index in [2.05, 4.69) is 29.6 Å². The molecule has 23 heavy (non-hydrogen) atoms. The van der Waals surface area contributed by atoms with Crippen LogP contribution in [0.4, 0.5) is 10.6 Å². The minimum absolute atomic E-state index is 0.0770. The van der Waals surface area contributed by atoms with Crippen molar-refractivity contribution in [2.45, 2.75) is 52.1 Å². The van der Waals surface area contributed by atoms with Crippen molar-refractivity contribution in [3.05, 3.63) is 12.3 Å². The molecule has 2 heterocycles. The van der Waals surface area contributed by atoms with Gasteiger partial charge in [0.2, 0.25) is 0 Å². The van der Waals surface area contributed by atoms with E-state index in [1.54, 1.807) is 16.9 Å². The largest absolute Gasteiger partial charge is 0.335 e. The summed E-state index contributed by atoms with van der Waals surface area (Å²) in [4.78, 5) is 12.1. The molecule has 3 atom stereocenters. The summed E-state index contributed by atoms with van der Waals surface area (Å²) in [5.41, 5.74) is 0. The number of sulfone groups is 1. The lowest BCUT2D eigenvalue weighted by Crippen LogP contribution is -2.37. The molecule has 2 rings (SSSR count). The van der Waals surface area contributed by atoms with Crippen molar-refractivity contribution >= 4 is 21.7 Å². The summed E-state index contributed by atoms with van der Waals surface area (Å²) in [7, 11) is -2.99. The van der Waals surface area contributed by atoms with Crippen LogP contribution in [0.3, 0.4) is 0 Å². The topological polar surface area (TPSA) is 93.1 Å². The van der Waals surface area contributed by atoms with Crippen LogP contribution in [-0.2, 0) is 9.84 Å². The molecule has 1 aromatic heterocycles. The van der Waals surface area contributed by atoms with Gasteiger partial charge in [-0.2, -0.15) is 5.10 Å². The van der Waals surface area contributed by atoms with Crippen molar-refractivity contribution in [2.75, 3.05) is 16.8 Å². The number of nitrogens with zero attached hydrogens (tertiary/aromatic N) is 2. The number of rotatable bonds is 6. The van der Waals surface area contributed by atoms with Crippen LogP contribution < -0.4 is 10.6 Å². The summed E-state index contributed by atoms with van der Waals surface area (Å²) in [5.74, 6) is 1.34. The Morgan fingerprint density at radius 2 is 2.22 bits per heavy atom. The minimum Gasteiger partial charge on any atom is -0.335 e. The molecule has 130 valence electrons. The van der Waals surface area contributed by atoms with Crippen LogP contribution in [-0.4, -0.2) is 41.8 Å². The fourth-order valence-electron chi connectivity index (χ4n) is 2.88. The maximum absolute atomic E-state index is 12.1. The highest BCUT2D eigenvalue weighted by Crippen LogP contribution is 2.26. The van der Waals surface area contributed by atoms with Crippen molar-refractivity contribution in [1.29, 1.82) is 0 Å². The van der Waals surface area contributed by atoms with Gasteiger partial charge in [-0.3, -0.25) is 5.32 Å². The fourth-order valence-corrected chi connectivity index (χ4v) is 4.57. The first-order valence-corrected chi connectivity index (χ1v) is 9.94. The van der Waals surface area contributed by atoms with E-state index >= 15 is 0 Å². The number of nitrogens with one attached hydrogen (secondary N) is 2. The van der Waals surface area contributed by atoms with E-state index in [9.17, 15) is 13.2 Å². The van der Waals surface area contributed by atoms with Gasteiger partial charge < -0.3 is 5.32 Å². The van der Waals surface area contributed by atoms with Gasteiger partial charge in [0.1, 0.15) is 5.82 Å². The van der Waals surface area contributed by atoms with E-state index < -0.39 is 9.84 Å². The molecular formula is C15H26N4O3S. The average Bonchev–Trinajstić information content (AvgIpc) is 3.04. The molecule has 0 aromatic carbocycles. The second-order valence-electron chi connectivity index (χ2n) is 6.47. The van der Waals surface area contributed by atoms with E-state index in [1.165, 1.54) is 0 Å². The second-order valence-corrected chi connectivity index (χ2v) is 8.70. The Morgan fingerprint density at radius 1 is 1.48 bits per heavy atom. The maximum Gasteiger partial charge on any atom is 0.320 e. The number of carbonyl (C=O) groups excluding carboxylic acids is 1. The fraction of sp³-hybridized carbons (Fsp3) is 0.733. The van der Waals surface area contributed by atoms with Crippen molar-refractivity contribution in [1.82, 2.24) is 15.1 Å². The summed E-state index contributed by atoms with van der Waals surface area (Å²) in [6.45, 7) is 6.27. The van der Waals surface area contributed by atoms with Crippen LogP contribution in [0.5, 0.6) is 0 Å². The Hall–Kier alpha value is -1.57. The molecule has 1 aliphatic heterocycles. The Bertz CT molecular complexity index is 641. The van der Waals surface area contributed by atoms with Gasteiger partial charge in [0.05, 0.1) is 23.7 Å². The van der Waals surface area contributed by atoms with Gasteiger partial charge in [0.25, 0.3) is 0 Å². The van der Waals surface area contributed by atoms with Crippen LogP contribution in [0, 0.1) is 5.92 Å². The first kappa shape index (κ1) is 17.8. The summed E-state index contributed by atoms with van der Waals surface area (Å²) in [6.07, 6.45) is 4.11. The Labute approximate surface area is 137 Å². The Kier molecular flexibility index (Phi) is 5.67. The van der Waals surface area contributed by atoms with Crippen LogP contribution in [0.25, 0.3) is 0 Å². The quantitative estimate of drug-likeness (QED) is 0.829. The van der Waals surface area contributed by atoms with Crippen LogP contribution in [0.2, 0.25) is 0 Å². The predicted octanol–water partition coefficient (Wildman–Crippen LogP) is 2.19. The molecule has 8 heteroatoms. The third kappa shape index (κ3) is 4.95. The van der Waals surface area contributed by atoms with Gasteiger partial charge in [-0.25, -0.2) is 17.9 Å². The summed E-state index contributed by atoms with van der Waals surface area (Å²) >= 11 is 0. The number of anilines is 1. The van der Waals surface area contributed by atoms with E-state index in [1.807, 2.05) is 6.92 Å². The summed E-state index contributed by atoms with van der Waals surface area (Å²) in [5, 5.41) is 9.85. The highest BCUT2D eigenvalue weighted by molar-refractivity contribution is 7.91. The van der Waals surface area contributed by atoms with E-state index in [0.29, 0.717) is 18.2 Å². The molecular weight excluding hydrogens is 316 g/mol. The molecule has 0 saturated carbocycles. The monoisotopic (exact) mass is 342 g/mol. The first-order valence-electron chi connectivity index (χ1n) is 8.12. The van der Waals surface area contributed by atoms with Crippen LogP contribution in [0.15, 0.2) is 12.3 Å². The molecule has 0 radical (unpaired) electrons. The van der Waals surface area contributed by atoms with Gasteiger partial charge >= 0.3 is 6.03 Å². The van der Waals surface area contributed by atoms with Gasteiger partial charge in [-0.05, 0) is 25.7 Å². The molecule has 7 nitrogen and oxygen atoms in total. The lowest BCUT2D eigenvalue weighted by atomic mass is 10.0. The van der Waals surface area contributed by atoms with Crippen molar-refractivity contribution in [3.63, 3.8) is 0 Å². The zero-order valence-corrected chi connectivity index (χ0v) is 14.8. The van der Waals surface area contributed by atoms with E-state index in [-0.39, 0.29) is 29.6 Å². The van der Waals surface area contributed by atoms with Crippen LogP contribution in [0.1, 0.15) is 46.1 Å². The SMILES string of the molecule is CC[C@H](C)C[C@@H](C)NC(=O)Nc1ccnn1[C@H]1CCS(=O)(=O)C1. The lowest BCUT2D eigenvalue weighted by molar-refractivity contribution is 0.247. The molecule has 2 N–H and O–H groups in total. The van der Waals surface area contributed by atoms with E-state index in [0.717, 1.165) is 12.8 Å². The van der Waals surface area contributed by atoms with Crippen molar-refractivity contribution < 1.29 is 13.2 Å². The lowest BCUT2D eigenvalue weighted by Gasteiger charge is -2.19. The normalized spacial score (nSPS) is 22.5. The average molecular weight is 342 g/mol. The predicted molar refractivity (Wildman–Crippen MR) is 90.2 cm³/mol. The number of amides is 2. The molecule has 0 aliphatic carbocycles. The standard InChI is InChI=1S/C15H26N4O3S/c1-4-11(2)9-12(3)17-15(20)18-14-5-7-16-19(14)13-6-8-23(21,22)10-13/h5,7,11-13H,4,6,8-10H2,1-3H3,(H2,17,18,20)/t11-,12+,13-/m0/s1. The van der Waals surface area contributed by atoms with Gasteiger partial charge in [0, 0.05) is 12.1 Å². The highest BCUT2D eigenvalue weighted by atomic mass is 32.2. The molecule has 1 fully saturated rings. The molecule has 0 unspecified atom stereocenters. The molecule has 1 aromatic rings. The third-order valence-electron chi connectivity index (χ3n) is 4.30. The number of aromatic nitrogens is 2. The molecule has 0 spiro atoms. The van der Waals surface area contributed by atoms with Crippen LogP contribution >= 0.6 is 0 Å². The highest BCUT2D eigenvalue weighted by Gasteiger charge is 2.31. The van der Waals surface area contributed by atoms with E-state index in [4.69, 9.17) is 0 Å². The number of urea groups is 1. The zero-order valence-electron chi connectivity index (χ0n) is 13.9. The Morgan fingerprint density at radius 3 is 2.83 bits per heavy atom. The second kappa shape index (κ2) is 7.33. The molecule has 2 amide bonds. The summed E-state index contributed by atoms with van der Waals surface area (Å²) < 4.78 is 24.8. The zero-order chi connectivity index (χ0) is 17.0. The van der Waals surface area contributed by atoms with Crippen molar-refractivity contribution in [2.24, 2.45) is 5.92 Å². The van der Waals surface area contributed by atoms with Crippen molar-refractivity contribution in [3.8, 4) is 0 Å². The maximum atomic E-state index is 12.1. The van der Waals surface area contributed by atoms with Gasteiger partial charge in [-0.1, -0.05) is 20.3 Å².